The molecule has 0 amide bonds. The molecule has 0 bridgehead atoms. The van der Waals surface area contributed by atoms with Crippen molar-refractivity contribution in [2.75, 3.05) is 26.7 Å². The normalized spacial score (nSPS) is 12.2. The Hall–Kier alpha value is -3.61. The highest BCUT2D eigenvalue weighted by atomic mass is 16.7. The molecule has 1 aromatic heterocycles. The average molecular weight is 380 g/mol. The third-order valence-electron chi connectivity index (χ3n) is 4.77. The summed E-state index contributed by atoms with van der Waals surface area (Å²) < 4.78 is 21.6. The van der Waals surface area contributed by atoms with Gasteiger partial charge in [0.2, 0.25) is 6.79 Å². The van der Waals surface area contributed by atoms with E-state index in [4.69, 9.17) is 24.7 Å². The van der Waals surface area contributed by atoms with Crippen molar-refractivity contribution >= 4 is 16.6 Å². The van der Waals surface area contributed by atoms with Gasteiger partial charge >= 0.3 is 0 Å². The van der Waals surface area contributed by atoms with Crippen molar-refractivity contribution in [3.8, 4) is 34.3 Å². The van der Waals surface area contributed by atoms with Crippen LogP contribution in [0.3, 0.4) is 0 Å². The van der Waals surface area contributed by atoms with Gasteiger partial charge in [-0.15, -0.1) is 6.58 Å². The summed E-state index contributed by atoms with van der Waals surface area (Å²) in [7, 11) is 3.08. The van der Waals surface area contributed by atoms with E-state index in [1.54, 1.807) is 37.5 Å². The summed E-state index contributed by atoms with van der Waals surface area (Å²) in [5.74, 6) is 2.18. The van der Waals surface area contributed by atoms with Crippen LogP contribution in [0.4, 0.5) is 5.69 Å². The molecule has 0 fully saturated rings. The van der Waals surface area contributed by atoms with Gasteiger partial charge in [-0.25, -0.2) is 0 Å². The molecule has 2 aromatic carbocycles. The number of benzene rings is 2. The molecule has 4 rings (SSSR count). The number of anilines is 1. The topological polar surface area (TPSA) is 95.8 Å². The molecule has 0 radical (unpaired) electrons. The number of fused-ring (bicyclic) bond motifs is 2. The van der Waals surface area contributed by atoms with Crippen LogP contribution >= 0.6 is 0 Å². The molecule has 0 spiro atoms. The Morgan fingerprint density at radius 2 is 1.82 bits per heavy atom. The zero-order valence-electron chi connectivity index (χ0n) is 15.6. The SMILES string of the molecule is C=CCc1c(-c2cc3c(cc2N)OCO3)[nH]c2cc(OC)c(OC)cc2c1=O. The predicted molar refractivity (Wildman–Crippen MR) is 108 cm³/mol. The smallest absolute Gasteiger partial charge is 0.231 e. The second-order valence-electron chi connectivity index (χ2n) is 6.35. The molecule has 7 nitrogen and oxygen atoms in total. The number of nitrogens with two attached hydrogens (primary N) is 1. The maximum absolute atomic E-state index is 13.3. The Labute approximate surface area is 161 Å². The lowest BCUT2D eigenvalue weighted by atomic mass is 9.98. The number of nitrogens with one attached hydrogen (secondary N) is 1. The monoisotopic (exact) mass is 380 g/mol. The van der Waals surface area contributed by atoms with E-state index in [9.17, 15) is 4.79 Å². The van der Waals surface area contributed by atoms with Crippen LogP contribution in [0.15, 0.2) is 41.7 Å². The summed E-state index contributed by atoms with van der Waals surface area (Å²) in [6.45, 7) is 3.92. The Morgan fingerprint density at radius 3 is 2.50 bits per heavy atom. The molecular formula is C21H20N2O5. The Morgan fingerprint density at radius 1 is 1.14 bits per heavy atom. The third kappa shape index (κ3) is 2.72. The number of pyridine rings is 1. The zero-order valence-corrected chi connectivity index (χ0v) is 15.6. The van der Waals surface area contributed by atoms with E-state index >= 15 is 0 Å². The van der Waals surface area contributed by atoms with Gasteiger partial charge in [-0.2, -0.15) is 0 Å². The Kier molecular flexibility index (Phi) is 4.35. The van der Waals surface area contributed by atoms with Crippen molar-refractivity contribution in [1.82, 2.24) is 4.98 Å². The van der Waals surface area contributed by atoms with Gasteiger partial charge in [0.25, 0.3) is 0 Å². The van der Waals surface area contributed by atoms with Crippen LogP contribution in [0.2, 0.25) is 0 Å². The summed E-state index contributed by atoms with van der Waals surface area (Å²) in [6, 6.07) is 6.89. The van der Waals surface area contributed by atoms with Crippen LogP contribution in [-0.2, 0) is 6.42 Å². The Balaban J connectivity index is 2.04. The van der Waals surface area contributed by atoms with E-state index in [-0.39, 0.29) is 12.2 Å². The molecule has 2 heterocycles. The van der Waals surface area contributed by atoms with E-state index in [0.29, 0.717) is 62.8 Å². The largest absolute Gasteiger partial charge is 0.493 e. The third-order valence-corrected chi connectivity index (χ3v) is 4.77. The van der Waals surface area contributed by atoms with E-state index in [2.05, 4.69) is 11.6 Å². The second kappa shape index (κ2) is 6.84. The summed E-state index contributed by atoms with van der Waals surface area (Å²) in [5, 5.41) is 0.498. The van der Waals surface area contributed by atoms with Gasteiger partial charge in [0.1, 0.15) is 0 Å². The molecule has 0 saturated carbocycles. The standard InChI is InChI=1S/C21H20N2O5/c1-4-5-11-20(12-6-18-19(8-14(12)22)28-10-27-18)23-15-9-17(26-3)16(25-2)7-13(15)21(11)24/h4,6-9H,1,5,10,22H2,2-3H3,(H,23,24). The quantitative estimate of drug-likeness (QED) is 0.521. The average Bonchev–Trinajstić information content (AvgIpc) is 3.15. The van der Waals surface area contributed by atoms with Gasteiger partial charge in [0, 0.05) is 34.3 Å². The number of allylic oxidation sites excluding steroid dienone is 1. The predicted octanol–water partition coefficient (Wildman–Crippen LogP) is 3.25. The second-order valence-corrected chi connectivity index (χ2v) is 6.35. The Bertz CT molecular complexity index is 1150. The first-order valence-corrected chi connectivity index (χ1v) is 8.68. The first-order valence-electron chi connectivity index (χ1n) is 8.68. The molecule has 3 N–H and O–H groups in total. The van der Waals surface area contributed by atoms with E-state index in [0.717, 1.165) is 0 Å². The molecule has 0 saturated heterocycles. The molecule has 3 aromatic rings. The summed E-state index contributed by atoms with van der Waals surface area (Å²) in [4.78, 5) is 16.6. The van der Waals surface area contributed by atoms with E-state index in [1.807, 2.05) is 0 Å². The number of methoxy groups -OCH3 is 2. The lowest BCUT2D eigenvalue weighted by Gasteiger charge is -2.15. The fourth-order valence-corrected chi connectivity index (χ4v) is 3.40. The van der Waals surface area contributed by atoms with E-state index < -0.39 is 0 Å². The highest BCUT2D eigenvalue weighted by molar-refractivity contribution is 5.89. The maximum atomic E-state index is 13.3. The van der Waals surface area contributed by atoms with Crippen LogP contribution in [0.5, 0.6) is 23.0 Å². The van der Waals surface area contributed by atoms with Crippen molar-refractivity contribution in [2.45, 2.75) is 6.42 Å². The minimum absolute atomic E-state index is 0.123. The first kappa shape index (κ1) is 17.8. The first-order chi connectivity index (χ1) is 13.6. The number of aromatic amines is 1. The number of hydrogen-bond acceptors (Lipinski definition) is 6. The molecule has 1 aliphatic rings. The van der Waals surface area contributed by atoms with Gasteiger partial charge in [-0.3, -0.25) is 4.79 Å². The maximum Gasteiger partial charge on any atom is 0.231 e. The molecule has 1 aliphatic heterocycles. The molecule has 7 heteroatoms. The summed E-state index contributed by atoms with van der Waals surface area (Å²) in [6.07, 6.45) is 2.06. The van der Waals surface area contributed by atoms with Crippen LogP contribution in [-0.4, -0.2) is 26.0 Å². The summed E-state index contributed by atoms with van der Waals surface area (Å²) >= 11 is 0. The van der Waals surface area contributed by atoms with Gasteiger partial charge in [0.15, 0.2) is 28.4 Å². The van der Waals surface area contributed by atoms with Gasteiger partial charge < -0.3 is 29.7 Å². The molecular weight excluding hydrogens is 360 g/mol. The molecule has 0 atom stereocenters. The fourth-order valence-electron chi connectivity index (χ4n) is 3.40. The van der Waals surface area contributed by atoms with Crippen LogP contribution in [0, 0.1) is 0 Å². The van der Waals surface area contributed by atoms with Crippen molar-refractivity contribution in [3.63, 3.8) is 0 Å². The number of rotatable bonds is 5. The minimum atomic E-state index is -0.123. The summed E-state index contributed by atoms with van der Waals surface area (Å²) in [5.41, 5.74) is 9.05. The number of nitrogen functional groups attached to an aromatic ring is 1. The highest BCUT2D eigenvalue weighted by Gasteiger charge is 2.21. The number of aromatic nitrogens is 1. The lowest BCUT2D eigenvalue weighted by molar-refractivity contribution is 0.174. The van der Waals surface area contributed by atoms with Crippen LogP contribution in [0.1, 0.15) is 5.56 Å². The zero-order chi connectivity index (χ0) is 19.8. The fraction of sp³-hybridized carbons (Fsp3) is 0.190. The molecule has 28 heavy (non-hydrogen) atoms. The minimum Gasteiger partial charge on any atom is -0.493 e. The van der Waals surface area contributed by atoms with Crippen molar-refractivity contribution in [2.24, 2.45) is 0 Å². The lowest BCUT2D eigenvalue weighted by Crippen LogP contribution is -2.13. The molecule has 144 valence electrons. The van der Waals surface area contributed by atoms with Crippen LogP contribution in [0.25, 0.3) is 22.2 Å². The molecule has 0 aliphatic carbocycles. The number of H-pyrrole nitrogens is 1. The number of hydrogen-bond donors (Lipinski definition) is 2. The highest BCUT2D eigenvalue weighted by Crippen LogP contribution is 2.41. The van der Waals surface area contributed by atoms with Crippen molar-refractivity contribution in [3.05, 3.63) is 52.7 Å². The van der Waals surface area contributed by atoms with Gasteiger partial charge in [-0.1, -0.05) is 6.08 Å². The molecule has 0 unspecified atom stereocenters. The van der Waals surface area contributed by atoms with Gasteiger partial charge in [0.05, 0.1) is 25.4 Å². The van der Waals surface area contributed by atoms with Crippen LogP contribution < -0.4 is 30.1 Å². The van der Waals surface area contributed by atoms with Crippen molar-refractivity contribution < 1.29 is 18.9 Å². The van der Waals surface area contributed by atoms with Crippen molar-refractivity contribution in [1.29, 1.82) is 0 Å². The van der Waals surface area contributed by atoms with Gasteiger partial charge in [-0.05, 0) is 18.6 Å². The number of ether oxygens (including phenoxy) is 4. The van der Waals surface area contributed by atoms with E-state index in [1.165, 1.54) is 7.11 Å².